The summed E-state index contributed by atoms with van der Waals surface area (Å²) in [4.78, 5) is 42.8. The maximum Gasteiger partial charge on any atom is 0.413 e. The van der Waals surface area contributed by atoms with Gasteiger partial charge in [0.1, 0.15) is 5.70 Å². The first-order chi connectivity index (χ1) is 15.8. The van der Waals surface area contributed by atoms with Gasteiger partial charge < -0.3 is 4.74 Å². The van der Waals surface area contributed by atoms with E-state index in [9.17, 15) is 14.4 Å². The van der Waals surface area contributed by atoms with Gasteiger partial charge in [0.15, 0.2) is 5.17 Å². The number of ether oxygens (including phenoxy) is 1. The number of aryl methyl sites for hydroxylation is 1. The Morgan fingerprint density at radius 3 is 2.39 bits per heavy atom. The van der Waals surface area contributed by atoms with E-state index in [1.165, 1.54) is 10.5 Å². The molecule has 0 saturated heterocycles. The molecule has 0 bridgehead atoms. The van der Waals surface area contributed by atoms with Crippen LogP contribution in [-0.4, -0.2) is 35.4 Å². The fourth-order valence-corrected chi connectivity index (χ4v) is 3.91. The Bertz CT molecular complexity index is 1090. The lowest BCUT2D eigenvalue weighted by atomic mass is 10.0. The molecule has 3 amide bonds. The molecule has 0 aliphatic carbocycles. The van der Waals surface area contributed by atoms with Crippen LogP contribution in [-0.2, 0) is 14.3 Å². The minimum Gasteiger partial charge on any atom is -0.450 e. The lowest BCUT2D eigenvalue weighted by Crippen LogP contribution is -2.34. The van der Waals surface area contributed by atoms with E-state index in [0.717, 1.165) is 22.9 Å². The Labute approximate surface area is 197 Å². The zero-order valence-corrected chi connectivity index (χ0v) is 19.9. The first-order valence-corrected chi connectivity index (χ1v) is 11.7. The minimum atomic E-state index is -0.798. The third-order valence-electron chi connectivity index (χ3n) is 4.88. The molecular weight excluding hydrogens is 438 g/mol. The number of hydrogen-bond donors (Lipinski definition) is 1. The summed E-state index contributed by atoms with van der Waals surface area (Å²) < 4.78 is 4.73. The van der Waals surface area contributed by atoms with Gasteiger partial charge in [0.2, 0.25) is 5.91 Å². The summed E-state index contributed by atoms with van der Waals surface area (Å²) >= 11 is 1.08. The molecule has 1 heterocycles. The third kappa shape index (κ3) is 6.32. The van der Waals surface area contributed by atoms with Crippen LogP contribution in [0.2, 0.25) is 0 Å². The van der Waals surface area contributed by atoms with Crippen LogP contribution >= 0.6 is 11.8 Å². The average Bonchev–Trinajstić information content (AvgIpc) is 3.08. The summed E-state index contributed by atoms with van der Waals surface area (Å²) in [5, 5.41) is 2.52. The molecule has 1 aliphatic rings. The molecule has 1 N–H and O–H groups in total. The summed E-state index contributed by atoms with van der Waals surface area (Å²) in [5.74, 6) is -0.484. The molecule has 0 atom stereocenters. The van der Waals surface area contributed by atoms with Crippen LogP contribution in [0.3, 0.4) is 0 Å². The van der Waals surface area contributed by atoms with E-state index in [1.807, 2.05) is 55.5 Å². The number of carbonyl (C=O) groups excluding carboxylic acids is 3. The van der Waals surface area contributed by atoms with E-state index in [-0.39, 0.29) is 24.0 Å². The Balaban J connectivity index is 1.84. The number of nitrogens with zero attached hydrogens (tertiary/aromatic N) is 2. The lowest BCUT2D eigenvalue weighted by molar-refractivity contribution is -0.118. The molecule has 2 aromatic rings. The Hall–Kier alpha value is -3.39. The number of thioether (sulfide) groups is 1. The summed E-state index contributed by atoms with van der Waals surface area (Å²) in [6, 6.07) is 15.5. The van der Waals surface area contributed by atoms with Gasteiger partial charge in [0, 0.05) is 0 Å². The number of amides is 3. The summed E-state index contributed by atoms with van der Waals surface area (Å²) in [7, 11) is 0. The van der Waals surface area contributed by atoms with Crippen molar-refractivity contribution in [2.45, 2.75) is 33.6 Å². The smallest absolute Gasteiger partial charge is 0.413 e. The fraction of sp³-hybridized carbons (Fsp3) is 0.280. The van der Waals surface area contributed by atoms with Gasteiger partial charge in [-0.3, -0.25) is 19.8 Å². The van der Waals surface area contributed by atoms with Crippen molar-refractivity contribution in [2.24, 2.45) is 4.99 Å². The number of alkyl carbamates (subject to hydrolysis) is 1. The van der Waals surface area contributed by atoms with Crippen LogP contribution in [0.15, 0.2) is 59.2 Å². The molecule has 0 aromatic heterocycles. The summed E-state index contributed by atoms with van der Waals surface area (Å²) in [6.07, 6.45) is 0.938. The van der Waals surface area contributed by atoms with E-state index in [2.05, 4.69) is 24.2 Å². The van der Waals surface area contributed by atoms with Crippen LogP contribution in [0.5, 0.6) is 0 Å². The van der Waals surface area contributed by atoms with Gasteiger partial charge in [-0.2, -0.15) is 0 Å². The van der Waals surface area contributed by atoms with Gasteiger partial charge in [0.25, 0.3) is 5.91 Å². The predicted octanol–water partition coefficient (Wildman–Crippen LogP) is 4.87. The molecule has 33 heavy (non-hydrogen) atoms. The highest BCUT2D eigenvalue weighted by molar-refractivity contribution is 8.14. The van der Waals surface area contributed by atoms with Gasteiger partial charge in [0.05, 0.1) is 18.0 Å². The van der Waals surface area contributed by atoms with Gasteiger partial charge >= 0.3 is 6.09 Å². The average molecular weight is 466 g/mol. The molecule has 0 saturated carbocycles. The van der Waals surface area contributed by atoms with E-state index in [1.54, 1.807) is 13.0 Å². The number of aliphatic imine (C=N–C) groups is 1. The third-order valence-corrected chi connectivity index (χ3v) is 5.82. The first-order valence-electron chi connectivity index (χ1n) is 10.7. The zero-order valence-electron chi connectivity index (χ0n) is 19.1. The maximum absolute atomic E-state index is 13.2. The number of imide groups is 1. The van der Waals surface area contributed by atoms with Crippen molar-refractivity contribution < 1.29 is 19.1 Å². The second-order valence-corrected chi connectivity index (χ2v) is 8.72. The number of benzene rings is 2. The standard InChI is InChI=1S/C25H27N3O4S/c1-5-32-25(31)27-22(29)15-33-24-26-21(14-18-8-10-19(11-9-18)16(2)3)23(30)28(24)20-12-6-17(4)7-13-20/h6-14,16H,5,15H2,1-4H3,(H,27,29,31)/b21-14-. The molecule has 172 valence electrons. The number of nitrogens with one attached hydrogen (secondary N) is 1. The first kappa shape index (κ1) is 24.3. The van der Waals surface area contributed by atoms with Gasteiger partial charge in [-0.25, -0.2) is 9.79 Å². The number of hydrogen-bond acceptors (Lipinski definition) is 6. The summed E-state index contributed by atoms with van der Waals surface area (Å²) in [6.45, 7) is 8.03. The van der Waals surface area contributed by atoms with Crippen molar-refractivity contribution in [1.29, 1.82) is 0 Å². The molecule has 7 nitrogen and oxygen atoms in total. The Morgan fingerprint density at radius 2 is 1.79 bits per heavy atom. The SMILES string of the molecule is CCOC(=O)NC(=O)CSC1=N/C(=C\c2ccc(C(C)C)cc2)C(=O)N1c1ccc(C)cc1. The minimum absolute atomic E-state index is 0.0936. The van der Waals surface area contributed by atoms with Crippen LogP contribution in [0.1, 0.15) is 43.4 Å². The van der Waals surface area contributed by atoms with E-state index in [4.69, 9.17) is 4.74 Å². The molecule has 0 unspecified atom stereocenters. The largest absolute Gasteiger partial charge is 0.450 e. The molecule has 2 aromatic carbocycles. The predicted molar refractivity (Wildman–Crippen MR) is 132 cm³/mol. The Kier molecular flexibility index (Phi) is 8.06. The van der Waals surface area contributed by atoms with Crippen molar-refractivity contribution in [1.82, 2.24) is 5.32 Å². The molecule has 8 heteroatoms. The van der Waals surface area contributed by atoms with Crippen molar-refractivity contribution in [3.05, 3.63) is 70.9 Å². The Morgan fingerprint density at radius 1 is 1.12 bits per heavy atom. The van der Waals surface area contributed by atoms with E-state index < -0.39 is 12.0 Å². The highest BCUT2D eigenvalue weighted by Gasteiger charge is 2.32. The highest BCUT2D eigenvalue weighted by atomic mass is 32.2. The van der Waals surface area contributed by atoms with Crippen LogP contribution in [0, 0.1) is 6.92 Å². The van der Waals surface area contributed by atoms with E-state index in [0.29, 0.717) is 16.8 Å². The quantitative estimate of drug-likeness (QED) is 0.615. The molecule has 0 fully saturated rings. The van der Waals surface area contributed by atoms with Gasteiger partial charge in [-0.05, 0) is 49.1 Å². The van der Waals surface area contributed by atoms with Gasteiger partial charge in [-0.15, -0.1) is 0 Å². The van der Waals surface area contributed by atoms with Crippen molar-refractivity contribution in [3.63, 3.8) is 0 Å². The van der Waals surface area contributed by atoms with Crippen molar-refractivity contribution in [3.8, 4) is 0 Å². The molecule has 3 rings (SSSR count). The number of rotatable bonds is 6. The lowest BCUT2D eigenvalue weighted by Gasteiger charge is -2.17. The highest BCUT2D eigenvalue weighted by Crippen LogP contribution is 2.30. The molecular formula is C25H27N3O4S. The van der Waals surface area contributed by atoms with Crippen LogP contribution < -0.4 is 10.2 Å². The van der Waals surface area contributed by atoms with Crippen molar-refractivity contribution in [2.75, 3.05) is 17.3 Å². The molecule has 1 aliphatic heterocycles. The van der Waals surface area contributed by atoms with Crippen LogP contribution in [0.25, 0.3) is 6.08 Å². The number of amidine groups is 1. The van der Waals surface area contributed by atoms with Crippen LogP contribution in [0.4, 0.5) is 10.5 Å². The molecule has 0 spiro atoms. The maximum atomic E-state index is 13.2. The normalized spacial score (nSPS) is 14.6. The van der Waals surface area contributed by atoms with Gasteiger partial charge in [-0.1, -0.05) is 67.6 Å². The number of anilines is 1. The second kappa shape index (κ2) is 11.0. The van der Waals surface area contributed by atoms with Crippen molar-refractivity contribution >= 4 is 46.6 Å². The molecule has 0 radical (unpaired) electrons. The fourth-order valence-electron chi connectivity index (χ4n) is 3.10. The van der Waals surface area contributed by atoms with E-state index >= 15 is 0 Å². The summed E-state index contributed by atoms with van der Waals surface area (Å²) in [5.41, 5.74) is 4.07. The second-order valence-electron chi connectivity index (χ2n) is 7.78. The zero-order chi connectivity index (χ0) is 24.0. The monoisotopic (exact) mass is 465 g/mol. The number of carbonyl (C=O) groups is 3. The topological polar surface area (TPSA) is 88.1 Å².